The van der Waals surface area contributed by atoms with Crippen LogP contribution < -0.4 is 0 Å². The number of para-hydroxylation sites is 2. The Bertz CT molecular complexity index is 3260. The Morgan fingerprint density at radius 2 is 0.516 bits per heavy atom. The number of benzene rings is 8. The molecule has 6 heteroatoms. The summed E-state index contributed by atoms with van der Waals surface area (Å²) < 4.78 is 4.44. The molecule has 6 nitrogen and oxygen atoms in total. The highest BCUT2D eigenvalue weighted by Gasteiger charge is 2.20. The minimum Gasteiger partial charge on any atom is -0.278 e. The van der Waals surface area contributed by atoms with Crippen LogP contribution in [0.25, 0.3) is 112 Å². The second-order valence-electron chi connectivity index (χ2n) is 15.5. The van der Waals surface area contributed by atoms with Crippen molar-refractivity contribution < 1.29 is 0 Å². The summed E-state index contributed by atoms with van der Waals surface area (Å²) in [5.74, 6) is 1.24. The van der Waals surface area contributed by atoms with E-state index in [2.05, 4.69) is 203 Å². The molecular formula is C56H36N6. The van der Waals surface area contributed by atoms with Crippen molar-refractivity contribution in [3.05, 3.63) is 218 Å². The lowest BCUT2D eigenvalue weighted by Crippen LogP contribution is -2.04. The van der Waals surface area contributed by atoms with Gasteiger partial charge in [0.25, 0.3) is 0 Å². The van der Waals surface area contributed by atoms with E-state index in [9.17, 15) is 0 Å². The van der Waals surface area contributed by atoms with Crippen molar-refractivity contribution in [3.8, 4) is 68.1 Å². The van der Waals surface area contributed by atoms with Gasteiger partial charge < -0.3 is 0 Å². The van der Waals surface area contributed by atoms with Gasteiger partial charge in [-0.1, -0.05) is 182 Å². The van der Waals surface area contributed by atoms with Crippen LogP contribution in [0.3, 0.4) is 0 Å². The minimum absolute atomic E-state index is 0.619. The molecule has 290 valence electrons. The van der Waals surface area contributed by atoms with Crippen LogP contribution in [0, 0.1) is 0 Å². The van der Waals surface area contributed by atoms with Gasteiger partial charge in [-0.3, -0.25) is 9.13 Å². The average Bonchev–Trinajstić information content (AvgIpc) is 3.87. The Morgan fingerprint density at radius 3 is 0.855 bits per heavy atom. The van der Waals surface area contributed by atoms with E-state index in [1.165, 1.54) is 0 Å². The van der Waals surface area contributed by atoms with Crippen molar-refractivity contribution in [1.82, 2.24) is 29.1 Å². The molecule has 0 saturated heterocycles. The van der Waals surface area contributed by atoms with Crippen LogP contribution in [0.4, 0.5) is 0 Å². The summed E-state index contributed by atoms with van der Waals surface area (Å²) in [6.07, 6.45) is 0. The lowest BCUT2D eigenvalue weighted by Gasteiger charge is -2.13. The molecule has 0 atom stereocenters. The van der Waals surface area contributed by atoms with Crippen LogP contribution in [0.15, 0.2) is 218 Å². The Kier molecular flexibility index (Phi) is 8.38. The molecule has 0 radical (unpaired) electrons. The smallest absolute Gasteiger partial charge is 0.235 e. The largest absolute Gasteiger partial charge is 0.278 e. The topological polar surface area (TPSA) is 61.4 Å². The van der Waals surface area contributed by atoms with Gasteiger partial charge in [-0.05, 0) is 47.5 Å². The first kappa shape index (κ1) is 35.5. The summed E-state index contributed by atoms with van der Waals surface area (Å²) in [5, 5.41) is 4.55. The molecule has 0 unspecified atom stereocenters. The fraction of sp³-hybridized carbons (Fsp3) is 0. The first-order valence-electron chi connectivity index (χ1n) is 20.8. The molecule has 4 aromatic heterocycles. The van der Waals surface area contributed by atoms with E-state index in [0.717, 1.165) is 99.8 Å². The van der Waals surface area contributed by atoms with Gasteiger partial charge in [0.15, 0.2) is 0 Å². The number of hydrogen-bond donors (Lipinski definition) is 0. The summed E-state index contributed by atoms with van der Waals surface area (Å²) in [4.78, 5) is 21.1. The van der Waals surface area contributed by atoms with Crippen molar-refractivity contribution in [2.24, 2.45) is 0 Å². The molecular weight excluding hydrogens is 757 g/mol. The maximum absolute atomic E-state index is 5.28. The number of nitrogens with zero attached hydrogens (tertiary/aromatic N) is 6. The van der Waals surface area contributed by atoms with Gasteiger partial charge >= 0.3 is 0 Å². The van der Waals surface area contributed by atoms with E-state index in [-0.39, 0.29) is 0 Å². The monoisotopic (exact) mass is 792 g/mol. The third-order valence-electron chi connectivity index (χ3n) is 11.8. The Balaban J connectivity index is 1.08. The average molecular weight is 793 g/mol. The summed E-state index contributed by atoms with van der Waals surface area (Å²) >= 11 is 0. The molecule has 0 fully saturated rings. The first-order chi connectivity index (χ1) is 30.7. The van der Waals surface area contributed by atoms with E-state index in [4.69, 9.17) is 19.9 Å². The Morgan fingerprint density at radius 1 is 0.226 bits per heavy atom. The van der Waals surface area contributed by atoms with Crippen LogP contribution in [0.1, 0.15) is 0 Å². The highest BCUT2D eigenvalue weighted by molar-refractivity contribution is 6.12. The molecule has 12 rings (SSSR count). The third kappa shape index (κ3) is 6.04. The highest BCUT2D eigenvalue weighted by Crippen LogP contribution is 2.39. The molecule has 0 aliphatic rings. The Hall–Kier alpha value is -8.48. The fourth-order valence-electron chi connectivity index (χ4n) is 8.83. The van der Waals surface area contributed by atoms with Crippen LogP contribution in [0.2, 0.25) is 0 Å². The Labute approximate surface area is 357 Å². The van der Waals surface area contributed by atoms with Gasteiger partial charge in [-0.2, -0.15) is 0 Å². The van der Waals surface area contributed by atoms with Gasteiger partial charge in [-0.15, -0.1) is 0 Å². The SMILES string of the molecule is c1ccc(-c2cc(-c3ccccc3)nc(-n3c4ccccc4c4ccc(-c5ccc6c7ccccc7n(-c7nc(-c8ccccc8)cc(-c8ccccc8)n7)c6c5)cc43)n2)cc1. The summed E-state index contributed by atoms with van der Waals surface area (Å²) in [6, 6.07) is 76.1. The molecule has 0 spiro atoms. The zero-order valence-electron chi connectivity index (χ0n) is 33.5. The number of rotatable bonds is 7. The maximum atomic E-state index is 5.28. The van der Waals surface area contributed by atoms with Crippen molar-refractivity contribution in [3.63, 3.8) is 0 Å². The van der Waals surface area contributed by atoms with E-state index >= 15 is 0 Å². The van der Waals surface area contributed by atoms with Crippen LogP contribution in [0.5, 0.6) is 0 Å². The van der Waals surface area contributed by atoms with Crippen molar-refractivity contribution in [2.75, 3.05) is 0 Å². The molecule has 0 N–H and O–H groups in total. The van der Waals surface area contributed by atoms with Crippen LogP contribution >= 0.6 is 0 Å². The molecule has 12 aromatic rings. The van der Waals surface area contributed by atoms with Crippen molar-refractivity contribution >= 4 is 43.6 Å². The molecule has 0 amide bonds. The summed E-state index contributed by atoms with van der Waals surface area (Å²) in [6.45, 7) is 0. The number of hydrogen-bond acceptors (Lipinski definition) is 4. The normalized spacial score (nSPS) is 11.5. The zero-order valence-corrected chi connectivity index (χ0v) is 33.5. The van der Waals surface area contributed by atoms with E-state index in [1.807, 2.05) is 24.3 Å². The second-order valence-corrected chi connectivity index (χ2v) is 15.5. The summed E-state index contributed by atoms with van der Waals surface area (Å²) in [7, 11) is 0. The van der Waals surface area contributed by atoms with Gasteiger partial charge in [0.05, 0.1) is 44.8 Å². The molecule has 0 aliphatic heterocycles. The van der Waals surface area contributed by atoms with Crippen molar-refractivity contribution in [2.45, 2.75) is 0 Å². The van der Waals surface area contributed by atoms with E-state index < -0.39 is 0 Å². The van der Waals surface area contributed by atoms with Gasteiger partial charge in [0.1, 0.15) is 0 Å². The van der Waals surface area contributed by atoms with Gasteiger partial charge in [0, 0.05) is 43.8 Å². The fourth-order valence-corrected chi connectivity index (χ4v) is 8.83. The lowest BCUT2D eigenvalue weighted by molar-refractivity contribution is 0.995. The second kappa shape index (κ2) is 14.7. The van der Waals surface area contributed by atoms with Crippen LogP contribution in [-0.2, 0) is 0 Å². The third-order valence-corrected chi connectivity index (χ3v) is 11.8. The molecule has 62 heavy (non-hydrogen) atoms. The predicted molar refractivity (Wildman–Crippen MR) is 253 cm³/mol. The molecule has 4 heterocycles. The molecule has 0 bridgehead atoms. The zero-order chi connectivity index (χ0) is 41.0. The lowest BCUT2D eigenvalue weighted by atomic mass is 10.0. The van der Waals surface area contributed by atoms with E-state index in [1.54, 1.807) is 0 Å². The number of fused-ring (bicyclic) bond motifs is 6. The first-order valence-corrected chi connectivity index (χ1v) is 20.8. The predicted octanol–water partition coefficient (Wildman–Crippen LogP) is 13.8. The van der Waals surface area contributed by atoms with E-state index in [0.29, 0.717) is 11.9 Å². The van der Waals surface area contributed by atoms with Crippen molar-refractivity contribution in [1.29, 1.82) is 0 Å². The summed E-state index contributed by atoms with van der Waals surface area (Å²) in [5.41, 5.74) is 13.9. The molecule has 8 aromatic carbocycles. The van der Waals surface area contributed by atoms with Gasteiger partial charge in [-0.25, -0.2) is 19.9 Å². The van der Waals surface area contributed by atoms with Gasteiger partial charge in [0.2, 0.25) is 11.9 Å². The van der Waals surface area contributed by atoms with Crippen LogP contribution in [-0.4, -0.2) is 29.1 Å². The maximum Gasteiger partial charge on any atom is 0.235 e. The quantitative estimate of drug-likeness (QED) is 0.161. The highest BCUT2D eigenvalue weighted by atomic mass is 15.2. The minimum atomic E-state index is 0.619. The number of aromatic nitrogens is 6. The standard InChI is InChI=1S/C56H36N6/c1-5-17-37(18-6-1)47-35-48(38-19-7-2-8-20-38)58-55(57-47)61-51-27-15-13-25-43(51)45-31-29-41(33-53(45)61)42-30-32-46-44-26-14-16-28-52(44)62(54(46)34-42)56-59-49(39-21-9-3-10-22-39)36-50(60-56)40-23-11-4-12-24-40/h1-36H. The molecule has 0 aliphatic carbocycles. The molecule has 0 saturated carbocycles.